The highest BCUT2D eigenvalue weighted by molar-refractivity contribution is 5.85. The Morgan fingerprint density at radius 1 is 1.35 bits per heavy atom. The number of nitrogens with one attached hydrogen (secondary N) is 1. The molecule has 2 atom stereocenters. The van der Waals surface area contributed by atoms with Gasteiger partial charge in [-0.1, -0.05) is 0 Å². The molecule has 0 aromatic rings. The molecule has 0 spiro atoms. The van der Waals surface area contributed by atoms with Crippen LogP contribution in [-0.2, 0) is 4.74 Å². The summed E-state index contributed by atoms with van der Waals surface area (Å²) in [6, 6.07) is 0.351. The molecule has 0 bridgehead atoms. The lowest BCUT2D eigenvalue weighted by Gasteiger charge is -2.37. The number of nitrogens with zero attached hydrogens (tertiary/aromatic N) is 1. The van der Waals surface area contributed by atoms with Gasteiger partial charge in [0.2, 0.25) is 0 Å². The summed E-state index contributed by atoms with van der Waals surface area (Å²) in [5, 5.41) is 3.36. The van der Waals surface area contributed by atoms with Gasteiger partial charge in [-0.05, 0) is 39.5 Å². The van der Waals surface area contributed by atoms with E-state index in [9.17, 15) is 4.79 Å². The topological polar surface area (TPSA) is 41.6 Å². The maximum atomic E-state index is 12.0. The van der Waals surface area contributed by atoms with E-state index in [0.717, 1.165) is 26.1 Å². The lowest BCUT2D eigenvalue weighted by Crippen LogP contribution is -2.50. The minimum absolute atomic E-state index is 0. The van der Waals surface area contributed by atoms with Crippen molar-refractivity contribution in [3.63, 3.8) is 0 Å². The molecule has 2 aliphatic heterocycles. The van der Waals surface area contributed by atoms with Crippen LogP contribution in [0.4, 0.5) is 4.79 Å². The molecular formula is C12H23ClN2O2. The first-order valence-electron chi connectivity index (χ1n) is 6.18. The van der Waals surface area contributed by atoms with E-state index < -0.39 is 5.60 Å². The predicted octanol–water partition coefficient (Wildman–Crippen LogP) is 2.03. The molecule has 0 aromatic heterocycles. The second kappa shape index (κ2) is 5.44. The van der Waals surface area contributed by atoms with Gasteiger partial charge in [0.1, 0.15) is 5.60 Å². The molecule has 17 heavy (non-hydrogen) atoms. The molecule has 4 nitrogen and oxygen atoms in total. The Hall–Kier alpha value is -0.480. The minimum atomic E-state index is -0.393. The first kappa shape index (κ1) is 14.6. The Morgan fingerprint density at radius 3 is 2.71 bits per heavy atom. The van der Waals surface area contributed by atoms with Crippen molar-refractivity contribution < 1.29 is 9.53 Å². The van der Waals surface area contributed by atoms with E-state index in [1.165, 1.54) is 6.42 Å². The highest BCUT2D eigenvalue weighted by atomic mass is 35.5. The normalized spacial score (nSPS) is 28.3. The quantitative estimate of drug-likeness (QED) is 0.726. The first-order valence-corrected chi connectivity index (χ1v) is 6.18. The number of ether oxygens (including phenoxy) is 1. The average Bonchev–Trinajstić information content (AvgIpc) is 2.61. The van der Waals surface area contributed by atoms with E-state index in [0.29, 0.717) is 12.0 Å². The maximum Gasteiger partial charge on any atom is 0.410 e. The second-order valence-corrected chi connectivity index (χ2v) is 5.80. The summed E-state index contributed by atoms with van der Waals surface area (Å²) in [7, 11) is 0. The van der Waals surface area contributed by atoms with Crippen molar-refractivity contribution in [1.29, 1.82) is 0 Å². The van der Waals surface area contributed by atoms with Crippen LogP contribution in [0.2, 0.25) is 0 Å². The molecule has 2 rings (SSSR count). The summed E-state index contributed by atoms with van der Waals surface area (Å²) in [6.45, 7) is 8.56. The Kier molecular flexibility index (Phi) is 4.67. The van der Waals surface area contributed by atoms with Crippen LogP contribution in [0.25, 0.3) is 0 Å². The summed E-state index contributed by atoms with van der Waals surface area (Å²) >= 11 is 0. The van der Waals surface area contributed by atoms with E-state index in [4.69, 9.17) is 4.74 Å². The van der Waals surface area contributed by atoms with Crippen LogP contribution in [-0.4, -0.2) is 42.3 Å². The van der Waals surface area contributed by atoms with Crippen molar-refractivity contribution in [2.45, 2.75) is 45.3 Å². The third-order valence-corrected chi connectivity index (χ3v) is 3.31. The molecule has 2 fully saturated rings. The Bertz CT molecular complexity index is 278. The van der Waals surface area contributed by atoms with E-state index in [2.05, 4.69) is 5.32 Å². The fraction of sp³-hybridized carbons (Fsp3) is 0.917. The summed E-state index contributed by atoms with van der Waals surface area (Å²) in [5.41, 5.74) is -0.393. The van der Waals surface area contributed by atoms with Crippen LogP contribution in [0, 0.1) is 5.92 Å². The van der Waals surface area contributed by atoms with Crippen molar-refractivity contribution in [2.24, 2.45) is 5.92 Å². The summed E-state index contributed by atoms with van der Waals surface area (Å²) in [5.74, 6) is 0.626. The van der Waals surface area contributed by atoms with Crippen molar-refractivity contribution in [3.8, 4) is 0 Å². The summed E-state index contributed by atoms with van der Waals surface area (Å²) in [6.07, 6.45) is 2.19. The molecule has 2 saturated heterocycles. The number of rotatable bonds is 0. The van der Waals surface area contributed by atoms with Gasteiger partial charge in [-0.2, -0.15) is 0 Å². The van der Waals surface area contributed by atoms with Crippen molar-refractivity contribution >= 4 is 18.5 Å². The Balaban J connectivity index is 0.00000144. The average molecular weight is 263 g/mol. The van der Waals surface area contributed by atoms with Crippen LogP contribution in [0.3, 0.4) is 0 Å². The van der Waals surface area contributed by atoms with Gasteiger partial charge in [-0.15, -0.1) is 12.4 Å². The number of amides is 1. The molecule has 0 unspecified atom stereocenters. The molecule has 0 aliphatic carbocycles. The number of hydrogen-bond acceptors (Lipinski definition) is 3. The molecule has 2 aliphatic rings. The number of likely N-dealkylation sites (tertiary alicyclic amines) is 1. The number of carbonyl (C=O) groups excluding carboxylic acids is 1. The molecule has 5 heteroatoms. The van der Waals surface area contributed by atoms with Crippen LogP contribution in [0.5, 0.6) is 0 Å². The van der Waals surface area contributed by atoms with Gasteiger partial charge < -0.3 is 15.0 Å². The first-order chi connectivity index (χ1) is 7.47. The van der Waals surface area contributed by atoms with E-state index in [-0.39, 0.29) is 18.5 Å². The monoisotopic (exact) mass is 262 g/mol. The number of carbonyl (C=O) groups is 1. The lowest BCUT2D eigenvalue weighted by atomic mass is 9.92. The number of piperidine rings is 1. The van der Waals surface area contributed by atoms with Crippen LogP contribution in [0.1, 0.15) is 33.6 Å². The zero-order valence-electron chi connectivity index (χ0n) is 10.9. The SMILES string of the molecule is CC(C)(C)OC(=O)N1CCC[C@H]2CNC[C@@H]21.Cl. The standard InChI is InChI=1S/C12H22N2O2.ClH/c1-12(2,3)16-11(15)14-6-4-5-9-7-13-8-10(9)14;/h9-10,13H,4-8H2,1-3H3;1H/t9-,10-;/m0./s1. The largest absolute Gasteiger partial charge is 0.444 e. The molecule has 0 radical (unpaired) electrons. The molecule has 0 aromatic carbocycles. The third-order valence-electron chi connectivity index (χ3n) is 3.31. The molecule has 1 amide bonds. The fourth-order valence-electron chi connectivity index (χ4n) is 2.62. The van der Waals surface area contributed by atoms with Gasteiger partial charge in [0, 0.05) is 19.6 Å². The van der Waals surface area contributed by atoms with Crippen molar-refractivity contribution in [3.05, 3.63) is 0 Å². The van der Waals surface area contributed by atoms with Gasteiger partial charge in [-0.3, -0.25) is 0 Å². The Morgan fingerprint density at radius 2 is 2.06 bits per heavy atom. The number of halogens is 1. The van der Waals surface area contributed by atoms with E-state index in [1.54, 1.807) is 0 Å². The van der Waals surface area contributed by atoms with Crippen molar-refractivity contribution in [1.82, 2.24) is 10.2 Å². The molecule has 0 saturated carbocycles. The van der Waals surface area contributed by atoms with Crippen LogP contribution >= 0.6 is 12.4 Å². The second-order valence-electron chi connectivity index (χ2n) is 5.80. The van der Waals surface area contributed by atoms with E-state index in [1.807, 2.05) is 25.7 Å². The van der Waals surface area contributed by atoms with Gasteiger partial charge >= 0.3 is 6.09 Å². The van der Waals surface area contributed by atoms with Gasteiger partial charge in [0.25, 0.3) is 0 Å². The predicted molar refractivity (Wildman–Crippen MR) is 69.6 cm³/mol. The van der Waals surface area contributed by atoms with Crippen molar-refractivity contribution in [2.75, 3.05) is 19.6 Å². The van der Waals surface area contributed by atoms with Gasteiger partial charge in [0.05, 0.1) is 6.04 Å². The summed E-state index contributed by atoms with van der Waals surface area (Å²) in [4.78, 5) is 13.9. The van der Waals surface area contributed by atoms with E-state index >= 15 is 0 Å². The molecule has 100 valence electrons. The highest BCUT2D eigenvalue weighted by Gasteiger charge is 2.38. The molecular weight excluding hydrogens is 240 g/mol. The smallest absolute Gasteiger partial charge is 0.410 e. The Labute approximate surface area is 109 Å². The van der Waals surface area contributed by atoms with Gasteiger partial charge in [0.15, 0.2) is 0 Å². The molecule has 1 N–H and O–H groups in total. The van der Waals surface area contributed by atoms with Gasteiger partial charge in [-0.25, -0.2) is 4.79 Å². The minimum Gasteiger partial charge on any atom is -0.444 e. The lowest BCUT2D eigenvalue weighted by molar-refractivity contribution is 0.00663. The molecule has 2 heterocycles. The fourth-order valence-corrected chi connectivity index (χ4v) is 2.62. The van der Waals surface area contributed by atoms with Crippen LogP contribution < -0.4 is 5.32 Å². The maximum absolute atomic E-state index is 12.0. The third kappa shape index (κ3) is 3.49. The zero-order chi connectivity index (χ0) is 11.8. The zero-order valence-corrected chi connectivity index (χ0v) is 11.7. The number of fused-ring (bicyclic) bond motifs is 1. The highest BCUT2D eigenvalue weighted by Crippen LogP contribution is 2.27. The number of hydrogen-bond donors (Lipinski definition) is 1. The van der Waals surface area contributed by atoms with Crippen LogP contribution in [0.15, 0.2) is 0 Å². The summed E-state index contributed by atoms with van der Waals surface area (Å²) < 4.78 is 5.44.